The molecule has 1 aromatic rings. The molecule has 4 bridgehead atoms. The lowest BCUT2D eigenvalue weighted by molar-refractivity contribution is -0.136. The van der Waals surface area contributed by atoms with Crippen molar-refractivity contribution < 1.29 is 9.59 Å². The number of hydrogen-bond donors (Lipinski definition) is 2. The fraction of sp³-hybridized carbons (Fsp3) is 0.591. The number of carbonyl (C=O) groups is 2. The second-order valence-electron chi connectivity index (χ2n) is 9.20. The summed E-state index contributed by atoms with van der Waals surface area (Å²) in [6.07, 6.45) is 9.15. The minimum atomic E-state index is -0.722. The van der Waals surface area contributed by atoms with Crippen LogP contribution in [0.1, 0.15) is 57.4 Å². The molecule has 4 aliphatic rings. The number of aryl methyl sites for hydroxylation is 1. The van der Waals surface area contributed by atoms with Crippen molar-refractivity contribution in [2.45, 2.75) is 58.8 Å². The zero-order chi connectivity index (χ0) is 19.0. The Hall–Kier alpha value is -2.17. The molecule has 144 valence electrons. The molecule has 5 heteroatoms. The van der Waals surface area contributed by atoms with Gasteiger partial charge in [-0.05, 0) is 94.1 Å². The number of hydrazone groups is 1. The summed E-state index contributed by atoms with van der Waals surface area (Å²) in [6.45, 7) is 3.94. The lowest BCUT2D eigenvalue weighted by atomic mass is 9.48. The maximum absolute atomic E-state index is 12.1. The summed E-state index contributed by atoms with van der Waals surface area (Å²) in [4.78, 5) is 24.1. The Morgan fingerprint density at radius 2 is 1.56 bits per heavy atom. The molecule has 5 nitrogen and oxygen atoms in total. The molecule has 4 aliphatic carbocycles. The van der Waals surface area contributed by atoms with E-state index >= 15 is 0 Å². The van der Waals surface area contributed by atoms with Gasteiger partial charge in [0.1, 0.15) is 0 Å². The van der Waals surface area contributed by atoms with E-state index in [2.05, 4.69) is 15.8 Å². The Labute approximate surface area is 161 Å². The van der Waals surface area contributed by atoms with Gasteiger partial charge in [-0.3, -0.25) is 9.59 Å². The summed E-state index contributed by atoms with van der Waals surface area (Å²) in [7, 11) is 0. The van der Waals surface area contributed by atoms with Crippen molar-refractivity contribution in [2.24, 2.45) is 28.3 Å². The Kier molecular flexibility index (Phi) is 4.79. The second-order valence-corrected chi connectivity index (χ2v) is 9.20. The number of nitrogens with zero attached hydrogens (tertiary/aromatic N) is 1. The number of anilines is 1. The molecule has 0 saturated heterocycles. The molecule has 27 heavy (non-hydrogen) atoms. The number of rotatable bonds is 4. The van der Waals surface area contributed by atoms with Gasteiger partial charge in [-0.2, -0.15) is 5.10 Å². The van der Waals surface area contributed by atoms with Gasteiger partial charge in [0.25, 0.3) is 0 Å². The van der Waals surface area contributed by atoms with E-state index in [9.17, 15) is 9.59 Å². The van der Waals surface area contributed by atoms with Crippen LogP contribution >= 0.6 is 0 Å². The van der Waals surface area contributed by atoms with E-state index in [0.717, 1.165) is 35.4 Å². The van der Waals surface area contributed by atoms with Gasteiger partial charge in [0, 0.05) is 11.4 Å². The molecule has 0 radical (unpaired) electrons. The molecule has 0 unspecified atom stereocenters. The number of carbonyl (C=O) groups excluding carboxylic acids is 2. The Bertz CT molecular complexity index is 731. The van der Waals surface area contributed by atoms with Crippen LogP contribution in [-0.4, -0.2) is 17.5 Å². The van der Waals surface area contributed by atoms with Crippen molar-refractivity contribution >= 4 is 23.2 Å². The highest BCUT2D eigenvalue weighted by Crippen LogP contribution is 2.61. The first-order valence-corrected chi connectivity index (χ1v) is 10.1. The van der Waals surface area contributed by atoms with Crippen molar-refractivity contribution in [3.05, 3.63) is 29.8 Å². The molecule has 0 heterocycles. The molecule has 1 aromatic carbocycles. The number of hydrogen-bond acceptors (Lipinski definition) is 3. The summed E-state index contributed by atoms with van der Waals surface area (Å²) in [5.74, 6) is 1.29. The molecule has 0 aliphatic heterocycles. The van der Waals surface area contributed by atoms with Crippen LogP contribution in [0.3, 0.4) is 0 Å². The number of nitrogens with one attached hydrogen (secondary N) is 2. The molecule has 0 aromatic heterocycles. The SMILES string of the molecule is CC(CC12CC3CC(CC(C3)C1)C2)=NNC(=O)C(=O)Nc1ccc(C)cc1. The summed E-state index contributed by atoms with van der Waals surface area (Å²) in [6, 6.07) is 7.34. The summed E-state index contributed by atoms with van der Waals surface area (Å²) in [5, 5.41) is 6.83. The normalized spacial score (nSPS) is 31.6. The monoisotopic (exact) mass is 367 g/mol. The Morgan fingerprint density at radius 1 is 1.00 bits per heavy atom. The third kappa shape index (κ3) is 4.07. The first-order valence-electron chi connectivity index (χ1n) is 10.1. The van der Waals surface area contributed by atoms with E-state index in [4.69, 9.17) is 0 Å². The quantitative estimate of drug-likeness (QED) is 0.479. The fourth-order valence-electron chi connectivity index (χ4n) is 6.11. The zero-order valence-electron chi connectivity index (χ0n) is 16.3. The van der Waals surface area contributed by atoms with Gasteiger partial charge < -0.3 is 5.32 Å². The zero-order valence-corrected chi connectivity index (χ0v) is 16.3. The molecule has 0 atom stereocenters. The van der Waals surface area contributed by atoms with Crippen molar-refractivity contribution in [3.8, 4) is 0 Å². The van der Waals surface area contributed by atoms with E-state index in [1.165, 1.54) is 38.5 Å². The molecule has 4 saturated carbocycles. The van der Waals surface area contributed by atoms with Gasteiger partial charge in [-0.1, -0.05) is 17.7 Å². The van der Waals surface area contributed by atoms with Crippen molar-refractivity contribution in [1.29, 1.82) is 0 Å². The molecule has 2 N–H and O–H groups in total. The van der Waals surface area contributed by atoms with Crippen LogP contribution < -0.4 is 10.7 Å². The number of amides is 2. The van der Waals surface area contributed by atoms with Crippen molar-refractivity contribution in [1.82, 2.24) is 5.43 Å². The summed E-state index contributed by atoms with van der Waals surface area (Å²) in [5.41, 5.74) is 5.45. The largest absolute Gasteiger partial charge is 0.329 e. The first kappa shape index (κ1) is 18.2. The van der Waals surface area contributed by atoms with Gasteiger partial charge in [0.15, 0.2) is 0 Å². The molecule has 4 fully saturated rings. The molecular weight excluding hydrogens is 338 g/mol. The van der Waals surface area contributed by atoms with Gasteiger partial charge in [-0.25, -0.2) is 5.43 Å². The van der Waals surface area contributed by atoms with Gasteiger partial charge in [0.05, 0.1) is 0 Å². The molecule has 2 amide bonds. The maximum atomic E-state index is 12.1. The van der Waals surface area contributed by atoms with Crippen LogP contribution in [0.25, 0.3) is 0 Å². The standard InChI is InChI=1S/C22H29N3O2/c1-14-3-5-19(6-4-14)23-20(26)21(27)25-24-15(2)10-22-11-16-7-17(12-22)9-18(8-16)13-22/h3-6,16-18H,7-13H2,1-2H3,(H,23,26)(H,25,27). The van der Waals surface area contributed by atoms with Gasteiger partial charge >= 0.3 is 11.8 Å². The average molecular weight is 367 g/mol. The third-order valence-electron chi connectivity index (χ3n) is 6.66. The average Bonchev–Trinajstić information content (AvgIpc) is 2.60. The van der Waals surface area contributed by atoms with E-state index < -0.39 is 11.8 Å². The lowest BCUT2D eigenvalue weighted by Crippen LogP contribution is -2.46. The van der Waals surface area contributed by atoms with Crippen LogP contribution in [-0.2, 0) is 9.59 Å². The second kappa shape index (κ2) is 7.10. The fourth-order valence-corrected chi connectivity index (χ4v) is 6.11. The minimum Gasteiger partial charge on any atom is -0.318 e. The Balaban J connectivity index is 1.31. The smallest absolute Gasteiger partial charge is 0.318 e. The summed E-state index contributed by atoms with van der Waals surface area (Å²) >= 11 is 0. The van der Waals surface area contributed by atoms with Crippen molar-refractivity contribution in [2.75, 3.05) is 5.32 Å². The topological polar surface area (TPSA) is 70.6 Å². The van der Waals surface area contributed by atoms with E-state index in [1.54, 1.807) is 12.1 Å². The highest BCUT2D eigenvalue weighted by Gasteiger charge is 2.50. The predicted molar refractivity (Wildman–Crippen MR) is 106 cm³/mol. The van der Waals surface area contributed by atoms with Gasteiger partial charge in [-0.15, -0.1) is 0 Å². The first-order chi connectivity index (χ1) is 12.9. The molecule has 0 spiro atoms. The van der Waals surface area contributed by atoms with Crippen LogP contribution in [0.5, 0.6) is 0 Å². The highest BCUT2D eigenvalue weighted by molar-refractivity contribution is 6.39. The van der Waals surface area contributed by atoms with E-state index in [0.29, 0.717) is 11.1 Å². The van der Waals surface area contributed by atoms with Crippen molar-refractivity contribution in [3.63, 3.8) is 0 Å². The minimum absolute atomic E-state index is 0.386. The van der Waals surface area contributed by atoms with Crippen LogP contribution in [0.15, 0.2) is 29.4 Å². The Morgan fingerprint density at radius 3 is 2.11 bits per heavy atom. The predicted octanol–water partition coefficient (Wildman–Crippen LogP) is 4.03. The third-order valence-corrected chi connectivity index (χ3v) is 6.66. The van der Waals surface area contributed by atoms with E-state index in [1.807, 2.05) is 26.0 Å². The van der Waals surface area contributed by atoms with Gasteiger partial charge in [0.2, 0.25) is 0 Å². The van der Waals surface area contributed by atoms with Crippen LogP contribution in [0, 0.1) is 30.1 Å². The molecular formula is C22H29N3O2. The number of benzene rings is 1. The highest BCUT2D eigenvalue weighted by atomic mass is 16.2. The summed E-state index contributed by atoms with van der Waals surface area (Å²) < 4.78 is 0. The van der Waals surface area contributed by atoms with Crippen LogP contribution in [0.4, 0.5) is 5.69 Å². The maximum Gasteiger partial charge on any atom is 0.329 e. The van der Waals surface area contributed by atoms with Crippen LogP contribution in [0.2, 0.25) is 0 Å². The molecule has 5 rings (SSSR count). The van der Waals surface area contributed by atoms with E-state index in [-0.39, 0.29) is 0 Å². The lowest BCUT2D eigenvalue weighted by Gasteiger charge is -2.57.